The number of anilines is 2. The molecule has 2 saturated heterocycles. The molecule has 2 aromatic carbocycles. The van der Waals surface area contributed by atoms with E-state index in [2.05, 4.69) is 0 Å². The first-order valence-electron chi connectivity index (χ1n) is 11.3. The quantitative estimate of drug-likeness (QED) is 0.291. The largest absolute Gasteiger partial charge is 0.426 e. The van der Waals surface area contributed by atoms with Gasteiger partial charge in [-0.3, -0.25) is 19.2 Å². The van der Waals surface area contributed by atoms with Crippen LogP contribution in [0, 0.1) is 29.6 Å². The van der Waals surface area contributed by atoms with Gasteiger partial charge in [0, 0.05) is 29.7 Å². The van der Waals surface area contributed by atoms with E-state index >= 15 is 0 Å². The predicted octanol–water partition coefficient (Wildman–Crippen LogP) is 3.61. The van der Waals surface area contributed by atoms with E-state index in [0.29, 0.717) is 16.4 Å². The van der Waals surface area contributed by atoms with Crippen LogP contribution in [0.5, 0.6) is 5.75 Å². The van der Waals surface area contributed by atoms with Gasteiger partial charge < -0.3 is 9.64 Å². The number of esters is 1. The van der Waals surface area contributed by atoms with Crippen LogP contribution in [0.15, 0.2) is 60.7 Å². The maximum absolute atomic E-state index is 13.1. The van der Waals surface area contributed by atoms with Gasteiger partial charge in [-0.15, -0.1) is 0 Å². The number of carbonyl (C=O) groups is 4. The van der Waals surface area contributed by atoms with Crippen LogP contribution < -0.4 is 14.5 Å². The third-order valence-corrected chi connectivity index (χ3v) is 7.58. The lowest BCUT2D eigenvalue weighted by atomic mass is 9.85. The lowest BCUT2D eigenvalue weighted by molar-refractivity contribution is -0.139. The molecule has 0 unspecified atom stereocenters. The van der Waals surface area contributed by atoms with E-state index in [9.17, 15) is 19.2 Å². The summed E-state index contributed by atoms with van der Waals surface area (Å²) in [5, 5.41) is 0.507. The van der Waals surface area contributed by atoms with E-state index in [1.165, 1.54) is 15.9 Å². The molecule has 2 heterocycles. The van der Waals surface area contributed by atoms with Crippen molar-refractivity contribution in [3.05, 3.63) is 65.7 Å². The fourth-order valence-corrected chi connectivity index (χ4v) is 5.99. The summed E-state index contributed by atoms with van der Waals surface area (Å²) in [5.74, 6) is -1.83. The van der Waals surface area contributed by atoms with Gasteiger partial charge in [0.05, 0.1) is 23.4 Å². The first kappa shape index (κ1) is 21.1. The fraction of sp³-hybridized carbons (Fsp3) is 0.308. The molecule has 3 amide bonds. The molecule has 2 aliphatic heterocycles. The highest BCUT2D eigenvalue weighted by atomic mass is 35.5. The molecule has 172 valence electrons. The molecular formula is C26H21ClN2O5. The molecule has 34 heavy (non-hydrogen) atoms. The smallest absolute Gasteiger partial charge is 0.316 e. The SMILES string of the molecule is O=C(Oc1cccc(N2C(=O)[C@H]3[C@H](C2=O)[C@H]2C=C[C@H]3C2)c1)[C@H]1CC(=O)N(c2cccc(Cl)c2)C1. The number of benzene rings is 2. The minimum absolute atomic E-state index is 0.0350. The predicted molar refractivity (Wildman–Crippen MR) is 124 cm³/mol. The molecular weight excluding hydrogens is 456 g/mol. The second kappa shape index (κ2) is 7.81. The van der Waals surface area contributed by atoms with Crippen LogP contribution in [0.2, 0.25) is 5.02 Å². The molecule has 3 fully saturated rings. The number of fused-ring (bicyclic) bond motifs is 5. The van der Waals surface area contributed by atoms with Crippen molar-refractivity contribution < 1.29 is 23.9 Å². The van der Waals surface area contributed by atoms with E-state index in [-0.39, 0.29) is 60.1 Å². The summed E-state index contributed by atoms with van der Waals surface area (Å²) in [5.41, 5.74) is 1.03. The van der Waals surface area contributed by atoms with Crippen LogP contribution in [-0.4, -0.2) is 30.2 Å². The van der Waals surface area contributed by atoms with Gasteiger partial charge in [0.25, 0.3) is 0 Å². The van der Waals surface area contributed by atoms with Gasteiger partial charge >= 0.3 is 5.97 Å². The fourth-order valence-electron chi connectivity index (χ4n) is 5.80. The van der Waals surface area contributed by atoms with E-state index in [1.807, 2.05) is 12.2 Å². The van der Waals surface area contributed by atoms with Gasteiger partial charge in [-0.05, 0) is 48.6 Å². The summed E-state index contributed by atoms with van der Waals surface area (Å²) >= 11 is 6.03. The van der Waals surface area contributed by atoms with Crippen molar-refractivity contribution in [2.75, 3.05) is 16.3 Å². The Kier molecular flexibility index (Phi) is 4.85. The molecule has 0 N–H and O–H groups in total. The number of carbonyl (C=O) groups excluding carboxylic acids is 4. The molecule has 5 atom stereocenters. The van der Waals surface area contributed by atoms with Crippen LogP contribution in [0.3, 0.4) is 0 Å². The monoisotopic (exact) mass is 476 g/mol. The Labute approximate surface area is 200 Å². The number of hydrogen-bond acceptors (Lipinski definition) is 5. The molecule has 1 saturated carbocycles. The zero-order valence-corrected chi connectivity index (χ0v) is 18.9. The van der Waals surface area contributed by atoms with Crippen molar-refractivity contribution in [2.24, 2.45) is 29.6 Å². The molecule has 0 spiro atoms. The number of imide groups is 1. The Balaban J connectivity index is 1.17. The minimum atomic E-state index is -0.633. The van der Waals surface area contributed by atoms with Gasteiger partial charge in [-0.2, -0.15) is 0 Å². The van der Waals surface area contributed by atoms with Crippen molar-refractivity contribution >= 4 is 46.7 Å². The second-order valence-electron chi connectivity index (χ2n) is 9.32. The first-order valence-corrected chi connectivity index (χ1v) is 11.7. The number of ether oxygens (including phenoxy) is 1. The number of nitrogens with zero attached hydrogens (tertiary/aromatic N) is 2. The molecule has 2 bridgehead atoms. The number of rotatable bonds is 4. The third-order valence-electron chi connectivity index (χ3n) is 7.34. The lowest BCUT2D eigenvalue weighted by Gasteiger charge is -2.18. The van der Waals surface area contributed by atoms with Gasteiger partial charge in [0.1, 0.15) is 5.75 Å². The van der Waals surface area contributed by atoms with Crippen LogP contribution in [0.25, 0.3) is 0 Å². The standard InChI is InChI=1S/C26H21ClN2O5/c27-17-3-1-4-18(11-17)28-13-16(10-21(28)30)26(33)34-20-6-2-5-19(12-20)29-24(31)22-14-7-8-15(9-14)23(22)25(29)32/h1-8,11-12,14-16,22-23H,9-10,13H2/t14-,15-,16-,22+,23+/m0/s1. The molecule has 6 rings (SSSR count). The van der Waals surface area contributed by atoms with Crippen molar-refractivity contribution in [1.82, 2.24) is 0 Å². The number of halogens is 1. The molecule has 2 aliphatic carbocycles. The molecule has 4 aliphatic rings. The van der Waals surface area contributed by atoms with Crippen molar-refractivity contribution in [1.29, 1.82) is 0 Å². The Morgan fingerprint density at radius 1 is 0.912 bits per heavy atom. The summed E-state index contributed by atoms with van der Waals surface area (Å²) < 4.78 is 5.57. The van der Waals surface area contributed by atoms with Gasteiger partial charge in [-0.25, -0.2) is 4.90 Å². The summed E-state index contributed by atoms with van der Waals surface area (Å²) in [6.45, 7) is 0.194. The number of hydrogen-bond donors (Lipinski definition) is 0. The van der Waals surface area contributed by atoms with Crippen LogP contribution in [-0.2, 0) is 19.2 Å². The van der Waals surface area contributed by atoms with Crippen LogP contribution in [0.4, 0.5) is 11.4 Å². The average Bonchev–Trinajstić information content (AvgIpc) is 3.57. The van der Waals surface area contributed by atoms with Crippen molar-refractivity contribution in [3.63, 3.8) is 0 Å². The Morgan fingerprint density at radius 2 is 1.59 bits per heavy atom. The van der Waals surface area contributed by atoms with Gasteiger partial charge in [0.2, 0.25) is 17.7 Å². The molecule has 2 aromatic rings. The van der Waals surface area contributed by atoms with Crippen LogP contribution >= 0.6 is 11.6 Å². The Hall–Kier alpha value is -3.45. The van der Waals surface area contributed by atoms with Crippen molar-refractivity contribution in [3.8, 4) is 5.75 Å². The Bertz CT molecular complexity index is 1240. The van der Waals surface area contributed by atoms with Gasteiger partial charge in [0.15, 0.2) is 0 Å². The Morgan fingerprint density at radius 3 is 2.29 bits per heavy atom. The maximum atomic E-state index is 13.1. The van der Waals surface area contributed by atoms with E-state index < -0.39 is 11.9 Å². The third kappa shape index (κ3) is 3.26. The first-order chi connectivity index (χ1) is 16.4. The summed E-state index contributed by atoms with van der Waals surface area (Å²) in [6.07, 6.45) is 5.00. The average molecular weight is 477 g/mol. The molecule has 8 heteroatoms. The zero-order chi connectivity index (χ0) is 23.6. The second-order valence-corrected chi connectivity index (χ2v) is 9.75. The summed E-state index contributed by atoms with van der Waals surface area (Å²) in [6, 6.07) is 13.4. The van der Waals surface area contributed by atoms with Crippen LogP contribution in [0.1, 0.15) is 12.8 Å². The van der Waals surface area contributed by atoms with Gasteiger partial charge in [-0.1, -0.05) is 35.9 Å². The highest BCUT2D eigenvalue weighted by Gasteiger charge is 2.59. The lowest BCUT2D eigenvalue weighted by Crippen LogP contribution is -2.32. The maximum Gasteiger partial charge on any atom is 0.316 e. The normalized spacial score (nSPS) is 29.3. The highest BCUT2D eigenvalue weighted by Crippen LogP contribution is 2.53. The molecule has 7 nitrogen and oxygen atoms in total. The van der Waals surface area contributed by atoms with E-state index in [0.717, 1.165) is 6.42 Å². The number of allylic oxidation sites excluding steroid dienone is 2. The summed E-state index contributed by atoms with van der Waals surface area (Å²) in [7, 11) is 0. The highest BCUT2D eigenvalue weighted by molar-refractivity contribution is 6.31. The van der Waals surface area contributed by atoms with E-state index in [4.69, 9.17) is 16.3 Å². The minimum Gasteiger partial charge on any atom is -0.426 e. The zero-order valence-electron chi connectivity index (χ0n) is 18.1. The topological polar surface area (TPSA) is 84.0 Å². The number of amides is 3. The molecule has 0 radical (unpaired) electrons. The molecule has 0 aromatic heterocycles. The van der Waals surface area contributed by atoms with E-state index in [1.54, 1.807) is 42.5 Å². The van der Waals surface area contributed by atoms with Crippen molar-refractivity contribution in [2.45, 2.75) is 12.8 Å². The summed E-state index contributed by atoms with van der Waals surface area (Å²) in [4.78, 5) is 54.2.